The van der Waals surface area contributed by atoms with Crippen LogP contribution in [0.5, 0.6) is 0 Å². The van der Waals surface area contributed by atoms with Crippen LogP contribution in [0.1, 0.15) is 99.8 Å². The Hall–Kier alpha value is -1.18. The van der Waals surface area contributed by atoms with Crippen molar-refractivity contribution in [1.29, 1.82) is 0 Å². The van der Waals surface area contributed by atoms with Crippen molar-refractivity contribution >= 4 is 11.6 Å². The average molecular weight is 441 g/mol. The Morgan fingerprint density at radius 3 is 2.19 bits per heavy atom. The van der Waals surface area contributed by atoms with Gasteiger partial charge in [-0.3, -0.25) is 9.59 Å². The van der Waals surface area contributed by atoms with Crippen molar-refractivity contribution in [3.05, 3.63) is 23.3 Å². The van der Waals surface area contributed by atoms with E-state index < -0.39 is 0 Å². The van der Waals surface area contributed by atoms with E-state index in [9.17, 15) is 9.59 Å². The van der Waals surface area contributed by atoms with Gasteiger partial charge in [-0.25, -0.2) is 0 Å². The summed E-state index contributed by atoms with van der Waals surface area (Å²) in [6.07, 6.45) is 8.94. The first-order valence-corrected chi connectivity index (χ1v) is 13.4. The summed E-state index contributed by atoms with van der Waals surface area (Å²) in [6, 6.07) is 0. The van der Waals surface area contributed by atoms with E-state index in [0.717, 1.165) is 24.7 Å². The first-order valence-electron chi connectivity index (χ1n) is 13.4. The fourth-order valence-electron chi connectivity index (χ4n) is 7.27. The molecule has 0 radical (unpaired) electrons. The molecule has 4 rings (SSSR count). The predicted octanol–water partition coefficient (Wildman–Crippen LogP) is 7.82. The molecule has 0 heterocycles. The Morgan fingerprint density at radius 2 is 1.56 bits per heavy atom. The van der Waals surface area contributed by atoms with Crippen LogP contribution in [0.15, 0.2) is 23.3 Å². The van der Waals surface area contributed by atoms with Gasteiger partial charge in [-0.1, -0.05) is 59.3 Å². The largest absolute Gasteiger partial charge is 0.299 e. The molecule has 8 atom stereocenters. The van der Waals surface area contributed by atoms with Gasteiger partial charge >= 0.3 is 0 Å². The van der Waals surface area contributed by atoms with Gasteiger partial charge in [-0.15, -0.1) is 0 Å². The highest BCUT2D eigenvalue weighted by atomic mass is 16.1. The second-order valence-corrected chi connectivity index (χ2v) is 12.3. The lowest BCUT2D eigenvalue weighted by atomic mass is 9.79. The number of Topliss-reactive ketones (excluding diaryl/α,β-unsaturated/α-hetero) is 2. The highest BCUT2D eigenvalue weighted by Crippen LogP contribution is 2.48. The highest BCUT2D eigenvalue weighted by molar-refractivity contribution is 5.99. The number of fused-ring (bicyclic) bond motifs is 1. The Morgan fingerprint density at radius 1 is 0.875 bits per heavy atom. The Labute approximate surface area is 197 Å². The third kappa shape index (κ3) is 5.31. The number of ketones is 2. The number of hydrogen-bond acceptors (Lipinski definition) is 2. The van der Waals surface area contributed by atoms with Crippen LogP contribution in [0.25, 0.3) is 0 Å². The molecule has 2 unspecified atom stereocenters. The lowest BCUT2D eigenvalue weighted by molar-refractivity contribution is -0.122. The molecular formula is C30H48O2. The molecule has 0 saturated heterocycles. The fraction of sp³-hybridized carbons (Fsp3) is 0.800. The van der Waals surface area contributed by atoms with Gasteiger partial charge in [0.15, 0.2) is 5.78 Å². The molecule has 0 aliphatic heterocycles. The summed E-state index contributed by atoms with van der Waals surface area (Å²) in [7, 11) is 0. The molecule has 2 fully saturated rings. The van der Waals surface area contributed by atoms with E-state index in [1.807, 2.05) is 0 Å². The second-order valence-electron chi connectivity index (χ2n) is 12.3. The summed E-state index contributed by atoms with van der Waals surface area (Å²) in [5.74, 6) is 6.39. The van der Waals surface area contributed by atoms with Crippen LogP contribution in [-0.2, 0) is 9.59 Å². The Kier molecular flexibility index (Phi) is 8.26. The molecule has 0 aromatic carbocycles. The molecule has 0 aromatic heterocycles. The van der Waals surface area contributed by atoms with Crippen molar-refractivity contribution in [3.63, 3.8) is 0 Å². The Balaban J connectivity index is 0.000000181. The van der Waals surface area contributed by atoms with E-state index in [-0.39, 0.29) is 0 Å². The minimum Gasteiger partial charge on any atom is -0.299 e. The molecule has 2 nitrogen and oxygen atoms in total. The van der Waals surface area contributed by atoms with Gasteiger partial charge in [0.05, 0.1) is 0 Å². The smallest absolute Gasteiger partial charge is 0.159 e. The van der Waals surface area contributed by atoms with Crippen LogP contribution < -0.4 is 0 Å². The summed E-state index contributed by atoms with van der Waals surface area (Å²) in [5.41, 5.74) is 4.05. The zero-order chi connectivity index (χ0) is 23.7. The third-order valence-corrected chi connectivity index (χ3v) is 9.55. The van der Waals surface area contributed by atoms with Crippen LogP contribution in [0, 0.1) is 53.3 Å². The van der Waals surface area contributed by atoms with Crippen molar-refractivity contribution in [3.8, 4) is 0 Å². The summed E-state index contributed by atoms with van der Waals surface area (Å²) >= 11 is 0. The van der Waals surface area contributed by atoms with Crippen LogP contribution in [-0.4, -0.2) is 11.6 Å². The molecule has 2 heteroatoms. The van der Waals surface area contributed by atoms with Gasteiger partial charge in [0.2, 0.25) is 0 Å². The lowest BCUT2D eigenvalue weighted by Gasteiger charge is -2.24. The van der Waals surface area contributed by atoms with Crippen molar-refractivity contribution < 1.29 is 9.59 Å². The van der Waals surface area contributed by atoms with Gasteiger partial charge in [0.25, 0.3) is 0 Å². The normalized spacial score (nSPS) is 39.8. The van der Waals surface area contributed by atoms with Gasteiger partial charge < -0.3 is 0 Å². The Bertz CT molecular complexity index is 757. The standard InChI is InChI=1S/2C15H24O/c2*1-9(2)12-6-5-10(3)15-13(8-12)11(4)7-14(15)16/h9-12H,5-8H2,1-4H3;10-13,15H,1,5-8H2,2-4H3/t10-,11-,12+;10-,11-,12+,13?,15?/m00/s1. The molecule has 0 N–H and O–H groups in total. The number of hydrogen-bond donors (Lipinski definition) is 0. The molecule has 0 spiro atoms. The molecular weight excluding hydrogens is 392 g/mol. The zero-order valence-electron chi connectivity index (χ0n) is 21.9. The van der Waals surface area contributed by atoms with Crippen LogP contribution in [0.3, 0.4) is 0 Å². The maximum atomic E-state index is 12.0. The molecule has 0 bridgehead atoms. The topological polar surface area (TPSA) is 34.1 Å². The summed E-state index contributed by atoms with van der Waals surface area (Å²) < 4.78 is 0. The van der Waals surface area contributed by atoms with E-state index in [4.69, 9.17) is 0 Å². The van der Waals surface area contributed by atoms with E-state index in [1.165, 1.54) is 55.2 Å². The maximum Gasteiger partial charge on any atom is 0.159 e. The fourth-order valence-corrected chi connectivity index (χ4v) is 7.27. The molecule has 0 aromatic rings. The van der Waals surface area contributed by atoms with E-state index in [2.05, 4.69) is 55.0 Å². The zero-order valence-corrected chi connectivity index (χ0v) is 21.9. The van der Waals surface area contributed by atoms with E-state index in [1.54, 1.807) is 0 Å². The van der Waals surface area contributed by atoms with Crippen LogP contribution >= 0.6 is 0 Å². The average Bonchev–Trinajstić information content (AvgIpc) is 2.97. The van der Waals surface area contributed by atoms with Crippen LogP contribution in [0.2, 0.25) is 0 Å². The molecule has 2 saturated carbocycles. The SMILES string of the molecule is C=C(C)[C@@H]1CC[C@H](C)C2C(=O)C[C@H](C)C2C1.CC(C)[C@@H]1CC[C@H](C)C2=C(C1)[C@@H](C)CC2=O. The van der Waals surface area contributed by atoms with Crippen molar-refractivity contribution in [1.82, 2.24) is 0 Å². The quantitative estimate of drug-likeness (QED) is 0.410. The van der Waals surface area contributed by atoms with Gasteiger partial charge in [-0.05, 0) is 98.4 Å². The first kappa shape index (κ1) is 25.4. The van der Waals surface area contributed by atoms with Crippen LogP contribution in [0.4, 0.5) is 0 Å². The van der Waals surface area contributed by atoms with Gasteiger partial charge in [0, 0.05) is 18.8 Å². The minimum absolute atomic E-state index is 0.361. The van der Waals surface area contributed by atoms with Gasteiger partial charge in [0.1, 0.15) is 5.78 Å². The monoisotopic (exact) mass is 440 g/mol. The maximum absolute atomic E-state index is 12.0. The number of allylic oxidation sites excluding steroid dienone is 3. The predicted molar refractivity (Wildman–Crippen MR) is 134 cm³/mol. The second kappa shape index (κ2) is 10.4. The molecule has 4 aliphatic carbocycles. The highest BCUT2D eigenvalue weighted by Gasteiger charge is 2.45. The van der Waals surface area contributed by atoms with Crippen molar-refractivity contribution in [2.75, 3.05) is 0 Å². The lowest BCUT2D eigenvalue weighted by Crippen LogP contribution is -2.22. The number of carbonyl (C=O) groups is 2. The molecule has 180 valence electrons. The summed E-state index contributed by atoms with van der Waals surface area (Å²) in [5, 5.41) is 0. The number of carbonyl (C=O) groups excluding carboxylic acids is 2. The molecule has 4 aliphatic rings. The van der Waals surface area contributed by atoms with Gasteiger partial charge in [-0.2, -0.15) is 0 Å². The summed E-state index contributed by atoms with van der Waals surface area (Å²) in [6.45, 7) is 19.9. The van der Waals surface area contributed by atoms with Crippen molar-refractivity contribution in [2.45, 2.75) is 99.8 Å². The van der Waals surface area contributed by atoms with Crippen molar-refractivity contribution in [2.24, 2.45) is 53.3 Å². The number of rotatable bonds is 2. The summed E-state index contributed by atoms with van der Waals surface area (Å²) in [4.78, 5) is 24.0. The molecule has 32 heavy (non-hydrogen) atoms. The molecule has 0 amide bonds. The van der Waals surface area contributed by atoms with E-state index in [0.29, 0.717) is 53.0 Å². The third-order valence-electron chi connectivity index (χ3n) is 9.55. The first-order chi connectivity index (χ1) is 15.0. The van der Waals surface area contributed by atoms with E-state index >= 15 is 0 Å². The minimum atomic E-state index is 0.361.